The van der Waals surface area contributed by atoms with Gasteiger partial charge in [-0.3, -0.25) is 9.13 Å². The third kappa shape index (κ3) is 7.89. The van der Waals surface area contributed by atoms with Crippen LogP contribution in [0.1, 0.15) is 17.0 Å². The molecule has 0 N–H and O–H groups in total. The number of nitrogens with zero attached hydrogens (tertiary/aromatic N) is 6. The van der Waals surface area contributed by atoms with Gasteiger partial charge in [0, 0.05) is 68.5 Å². The first-order valence-electron chi connectivity index (χ1n) is 26.7. The molecule has 11 aromatic carbocycles. The second kappa shape index (κ2) is 18.8. The molecular formula is C72H50N6. The first kappa shape index (κ1) is 45.1. The lowest BCUT2D eigenvalue weighted by molar-refractivity contribution is 0.684. The fraction of sp³-hybridized carbons (Fsp3) is 0.0278. The quantitative estimate of drug-likeness (QED) is 0.137. The van der Waals surface area contributed by atoms with Crippen LogP contribution in [0.25, 0.3) is 83.8 Å². The summed E-state index contributed by atoms with van der Waals surface area (Å²) in [7, 11) is 0. The van der Waals surface area contributed by atoms with E-state index in [1.54, 1.807) is 0 Å². The van der Waals surface area contributed by atoms with Gasteiger partial charge in [-0.25, -0.2) is 9.97 Å². The molecule has 0 bridgehead atoms. The molecule has 2 atom stereocenters. The SMILES string of the molecule is C1=CC2c3ccc(N(c4ccc5ccccc5c4)c4ccc5nc(-c6ccccc6)n(-c6ccccc6)c5c4)cc3C=CC2C=C1N(c1ccc2ccccc2c1)c1ccc2nc(-c3ccccc3)n(-c3ccccc3)c2c1. The Morgan fingerprint density at radius 2 is 0.782 bits per heavy atom. The largest absolute Gasteiger partial charge is 0.311 e. The van der Waals surface area contributed by atoms with Crippen LogP contribution in [0.3, 0.4) is 0 Å². The van der Waals surface area contributed by atoms with Gasteiger partial charge in [0.2, 0.25) is 0 Å². The van der Waals surface area contributed by atoms with E-state index in [1.807, 2.05) is 0 Å². The zero-order valence-electron chi connectivity index (χ0n) is 42.6. The molecule has 2 unspecified atom stereocenters. The molecule has 0 radical (unpaired) electrons. The van der Waals surface area contributed by atoms with E-state index in [9.17, 15) is 0 Å². The third-order valence-electron chi connectivity index (χ3n) is 15.6. The summed E-state index contributed by atoms with van der Waals surface area (Å²) < 4.78 is 4.59. The summed E-state index contributed by atoms with van der Waals surface area (Å²) >= 11 is 0. The van der Waals surface area contributed by atoms with Crippen molar-refractivity contribution in [3.05, 3.63) is 302 Å². The molecule has 2 aliphatic rings. The maximum atomic E-state index is 5.26. The molecule has 78 heavy (non-hydrogen) atoms. The smallest absolute Gasteiger partial charge is 0.145 e. The highest BCUT2D eigenvalue weighted by Gasteiger charge is 2.30. The third-order valence-corrected chi connectivity index (χ3v) is 15.6. The van der Waals surface area contributed by atoms with Crippen molar-refractivity contribution in [1.29, 1.82) is 0 Å². The minimum Gasteiger partial charge on any atom is -0.311 e. The average Bonchev–Trinajstić information content (AvgIpc) is 4.11. The highest BCUT2D eigenvalue weighted by molar-refractivity contribution is 5.94. The summed E-state index contributed by atoms with van der Waals surface area (Å²) in [5, 5.41) is 4.80. The molecule has 15 rings (SSSR count). The first-order valence-corrected chi connectivity index (χ1v) is 26.7. The molecule has 2 aliphatic carbocycles. The van der Waals surface area contributed by atoms with Crippen LogP contribution in [-0.2, 0) is 0 Å². The number of hydrogen-bond acceptors (Lipinski definition) is 4. The van der Waals surface area contributed by atoms with Crippen molar-refractivity contribution in [2.45, 2.75) is 5.92 Å². The molecule has 13 aromatic rings. The second-order valence-corrected chi connectivity index (χ2v) is 20.3. The molecule has 2 heterocycles. The lowest BCUT2D eigenvalue weighted by Gasteiger charge is -2.34. The van der Waals surface area contributed by atoms with Gasteiger partial charge >= 0.3 is 0 Å². The average molecular weight is 999 g/mol. The van der Waals surface area contributed by atoms with E-state index in [-0.39, 0.29) is 11.8 Å². The number of anilines is 5. The van der Waals surface area contributed by atoms with E-state index in [0.717, 1.165) is 90.4 Å². The van der Waals surface area contributed by atoms with E-state index >= 15 is 0 Å². The van der Waals surface area contributed by atoms with Crippen molar-refractivity contribution in [2.75, 3.05) is 9.80 Å². The highest BCUT2D eigenvalue weighted by Crippen LogP contribution is 2.46. The van der Waals surface area contributed by atoms with E-state index in [0.29, 0.717) is 0 Å². The van der Waals surface area contributed by atoms with Gasteiger partial charge in [0.1, 0.15) is 11.6 Å². The second-order valence-electron chi connectivity index (χ2n) is 20.3. The lowest BCUT2D eigenvalue weighted by atomic mass is 9.76. The molecule has 0 amide bonds. The lowest BCUT2D eigenvalue weighted by Crippen LogP contribution is -2.22. The van der Waals surface area contributed by atoms with Gasteiger partial charge in [0.25, 0.3) is 0 Å². The van der Waals surface area contributed by atoms with E-state index in [4.69, 9.17) is 9.97 Å². The Kier molecular flexibility index (Phi) is 10.9. The Morgan fingerprint density at radius 3 is 1.33 bits per heavy atom. The minimum atomic E-state index is 0.130. The van der Waals surface area contributed by atoms with E-state index in [1.165, 1.54) is 32.7 Å². The van der Waals surface area contributed by atoms with Gasteiger partial charge in [-0.2, -0.15) is 0 Å². The van der Waals surface area contributed by atoms with Crippen LogP contribution in [0.2, 0.25) is 0 Å². The fourth-order valence-electron chi connectivity index (χ4n) is 11.9. The molecule has 6 heteroatoms. The van der Waals surface area contributed by atoms with Crippen molar-refractivity contribution in [2.24, 2.45) is 5.92 Å². The molecule has 2 aromatic heterocycles. The Balaban J connectivity index is 0.833. The van der Waals surface area contributed by atoms with Gasteiger partial charge < -0.3 is 9.80 Å². The molecule has 368 valence electrons. The number of benzene rings is 11. The zero-order chi connectivity index (χ0) is 51.5. The predicted molar refractivity (Wildman–Crippen MR) is 324 cm³/mol. The maximum Gasteiger partial charge on any atom is 0.145 e. The normalized spacial score (nSPS) is 14.6. The summed E-state index contributed by atoms with van der Waals surface area (Å²) in [6, 6.07) is 93.3. The highest BCUT2D eigenvalue weighted by atomic mass is 15.2. The number of para-hydroxylation sites is 2. The molecule has 0 spiro atoms. The molecule has 0 saturated carbocycles. The van der Waals surface area contributed by atoms with Gasteiger partial charge in [-0.15, -0.1) is 0 Å². The number of rotatable bonds is 10. The van der Waals surface area contributed by atoms with Crippen LogP contribution in [-0.4, -0.2) is 19.1 Å². The topological polar surface area (TPSA) is 42.1 Å². The number of imidazole rings is 2. The molecule has 0 fully saturated rings. The Labute approximate surface area is 452 Å². The molecule has 0 aliphatic heterocycles. The van der Waals surface area contributed by atoms with Gasteiger partial charge in [-0.1, -0.05) is 188 Å². The number of allylic oxidation sites excluding steroid dienone is 4. The van der Waals surface area contributed by atoms with E-state index in [2.05, 4.69) is 310 Å². The van der Waals surface area contributed by atoms with Crippen LogP contribution in [0, 0.1) is 5.92 Å². The molecular weight excluding hydrogens is 949 g/mol. The summed E-state index contributed by atoms with van der Waals surface area (Å²) in [5.41, 5.74) is 17.2. The van der Waals surface area contributed by atoms with Gasteiger partial charge in [0.05, 0.1) is 22.1 Å². The number of aromatic nitrogens is 4. The van der Waals surface area contributed by atoms with Crippen LogP contribution < -0.4 is 9.80 Å². The Hall–Kier alpha value is -10.3. The standard InChI is InChI=1S/C72H50N6/c1-5-19-51(20-6-1)71-73-67-41-37-63(47-69(67)77(71)57-25-9-3-10-26-57)75(59-33-31-49-17-13-15-23-53(49)43-59)61-35-39-65-55(45-61)29-30-56-46-62(36-40-66(56)65)76(60-34-32-50-18-14-16-24-54(50)44-60)64-38-42-68-70(48-64)78(58-27-11-4-12-28-58)72(74-68)52-21-7-2-8-22-52/h1-48,55,65H. The molecule has 0 saturated heterocycles. The van der Waals surface area contributed by atoms with Crippen molar-refractivity contribution in [3.8, 4) is 34.2 Å². The van der Waals surface area contributed by atoms with Crippen molar-refractivity contribution < 1.29 is 0 Å². The molecule has 6 nitrogen and oxygen atoms in total. The van der Waals surface area contributed by atoms with E-state index < -0.39 is 0 Å². The number of hydrogen-bond donors (Lipinski definition) is 0. The summed E-state index contributed by atoms with van der Waals surface area (Å²) in [6.07, 6.45) is 11.9. The maximum absolute atomic E-state index is 5.26. The minimum absolute atomic E-state index is 0.130. The van der Waals surface area contributed by atoms with Crippen LogP contribution >= 0.6 is 0 Å². The monoisotopic (exact) mass is 998 g/mol. The summed E-state index contributed by atoms with van der Waals surface area (Å²) in [5.74, 6) is 2.10. The summed E-state index contributed by atoms with van der Waals surface area (Å²) in [6.45, 7) is 0. The first-order chi connectivity index (χ1) is 38.6. The Morgan fingerprint density at radius 1 is 0.346 bits per heavy atom. The predicted octanol–water partition coefficient (Wildman–Crippen LogP) is 18.5. The van der Waals surface area contributed by atoms with Gasteiger partial charge in [-0.05, 0) is 136 Å². The van der Waals surface area contributed by atoms with Crippen molar-refractivity contribution >= 4 is 78.1 Å². The Bertz CT molecular complexity index is 4510. The summed E-state index contributed by atoms with van der Waals surface area (Å²) in [4.78, 5) is 15.3. The fourth-order valence-corrected chi connectivity index (χ4v) is 11.9. The number of fused-ring (bicyclic) bond motifs is 7. The van der Waals surface area contributed by atoms with Crippen molar-refractivity contribution in [1.82, 2.24) is 19.1 Å². The zero-order valence-corrected chi connectivity index (χ0v) is 42.6. The van der Waals surface area contributed by atoms with Crippen molar-refractivity contribution in [3.63, 3.8) is 0 Å². The van der Waals surface area contributed by atoms with Crippen LogP contribution in [0.15, 0.2) is 291 Å². The van der Waals surface area contributed by atoms with Gasteiger partial charge in [0.15, 0.2) is 0 Å². The van der Waals surface area contributed by atoms with Crippen LogP contribution in [0.4, 0.5) is 28.4 Å². The van der Waals surface area contributed by atoms with Crippen LogP contribution in [0.5, 0.6) is 0 Å².